The van der Waals surface area contributed by atoms with Gasteiger partial charge in [0.25, 0.3) is 0 Å². The minimum Gasteiger partial charge on any atom is -0.392 e. The highest BCUT2D eigenvalue weighted by atomic mass is 32.1. The van der Waals surface area contributed by atoms with Crippen LogP contribution in [0.15, 0.2) is 129 Å². The second-order valence-electron chi connectivity index (χ2n) is 29.3. The number of amides is 6. The Morgan fingerprint density at radius 2 is 0.743 bits per heavy atom. The summed E-state index contributed by atoms with van der Waals surface area (Å²) < 4.78 is 8.20. The molecule has 113 heavy (non-hydrogen) atoms. The summed E-state index contributed by atoms with van der Waals surface area (Å²) in [6.07, 6.45) is 15.8. The number of pyridine rings is 3. The molecule has 1 unspecified atom stereocenters. The lowest BCUT2D eigenvalue weighted by Gasteiger charge is -2.35. The molecule has 0 bridgehead atoms. The van der Waals surface area contributed by atoms with Crippen LogP contribution in [0.25, 0.3) is 97.8 Å². The van der Waals surface area contributed by atoms with E-state index in [1.807, 2.05) is 81.6 Å². The van der Waals surface area contributed by atoms with Crippen molar-refractivity contribution in [2.75, 3.05) is 88.1 Å². The van der Waals surface area contributed by atoms with Crippen molar-refractivity contribution in [1.29, 1.82) is 0 Å². The van der Waals surface area contributed by atoms with E-state index >= 15 is 0 Å². The lowest BCUT2D eigenvalue weighted by Crippen LogP contribution is -2.49. The predicted molar refractivity (Wildman–Crippen MR) is 439 cm³/mol. The number of carbonyl (C=O) groups excluding carboxylic acids is 3. The van der Waals surface area contributed by atoms with E-state index in [-0.39, 0.29) is 30.3 Å². The number of anilines is 3. The number of nitrogens with zero attached hydrogens (tertiary/aromatic N) is 15. The van der Waals surface area contributed by atoms with E-state index in [0.29, 0.717) is 77.7 Å². The lowest BCUT2D eigenvalue weighted by atomic mass is 10.0. The number of carbonyl (C=O) groups is 3. The van der Waals surface area contributed by atoms with Crippen LogP contribution in [0.4, 0.5) is 29.8 Å². The molecule has 1 atom stereocenters. The molecule has 3 saturated heterocycles. The number of ether oxygens (including phenoxy) is 1. The number of aliphatic hydroxyl groups excluding tert-OH is 2. The summed E-state index contributed by atoms with van der Waals surface area (Å²) in [6, 6.07) is 23.3. The van der Waals surface area contributed by atoms with E-state index in [2.05, 4.69) is 115 Å². The Bertz CT molecular complexity index is 5140. The Hall–Kier alpha value is -10.5. The SMILES string of the molecule is CCNC(=O)Nc1nc2cc(-c3cnc(C(C)(C)O)nc3)cc(-c3cc(CN4CC(O)C4)ccn3)c2s1.CCNC(=O)Nc1nc2cc(-c3cnc(C(C)(C)O)nc3)cc(-c3cc(CN4CCC(O)C4)ccn3)c2s1.CCNC(=O)Nc1nc2cc(-c3cnc(C(C)(C)O)nc3)cc(-c3cc(CN4CCOCC4)ccn3)c2s1. The van der Waals surface area contributed by atoms with E-state index in [4.69, 9.17) is 14.7 Å². The Morgan fingerprint density at radius 1 is 0.425 bits per heavy atom. The molecule has 11 N–H and O–H groups in total. The molecule has 3 aliphatic heterocycles. The monoisotopic (exact) mass is 1590 g/mol. The maximum absolute atomic E-state index is 12.2. The van der Waals surface area contributed by atoms with Gasteiger partial charge in [-0.05, 0) is 175 Å². The van der Waals surface area contributed by atoms with Gasteiger partial charge in [0, 0.05) is 168 Å². The number of fused-ring (bicyclic) bond motifs is 3. The number of hydrogen-bond acceptors (Lipinski definition) is 27. The average molecular weight is 1590 g/mol. The van der Waals surface area contributed by atoms with Crippen LogP contribution in [-0.2, 0) is 41.2 Å². The molecule has 12 aromatic rings. The largest absolute Gasteiger partial charge is 0.392 e. The van der Waals surface area contributed by atoms with E-state index < -0.39 is 16.8 Å². The van der Waals surface area contributed by atoms with Crippen LogP contribution >= 0.6 is 34.0 Å². The Kier molecular flexibility index (Phi) is 25.1. The second-order valence-corrected chi connectivity index (χ2v) is 32.2. The number of rotatable bonds is 21. The number of β-amino-alcohol motifs (C(OH)–C–C–N with tert-alkyl or cyclic N) is 2. The van der Waals surface area contributed by atoms with Crippen molar-refractivity contribution in [1.82, 2.24) is 90.5 Å². The van der Waals surface area contributed by atoms with Crippen LogP contribution in [0.3, 0.4) is 0 Å². The molecule has 3 fully saturated rings. The second kappa shape index (κ2) is 35.2. The van der Waals surface area contributed by atoms with Crippen LogP contribution in [0.5, 0.6) is 0 Å². The van der Waals surface area contributed by atoms with Crippen LogP contribution in [-0.4, -0.2) is 202 Å². The molecule has 30 nitrogen and oxygen atoms in total. The zero-order valence-corrected chi connectivity index (χ0v) is 66.6. The molecule has 0 aliphatic carbocycles. The zero-order valence-electron chi connectivity index (χ0n) is 64.2. The summed E-state index contributed by atoms with van der Waals surface area (Å²) in [6.45, 7) is 25.5. The quantitative estimate of drug-likeness (QED) is 0.0318. The number of benzene rings is 3. The highest BCUT2D eigenvalue weighted by molar-refractivity contribution is 7.23. The molecule has 588 valence electrons. The first-order valence-electron chi connectivity index (χ1n) is 37.3. The van der Waals surface area contributed by atoms with Gasteiger partial charge in [-0.2, -0.15) is 0 Å². The molecular weight excluding hydrogens is 1500 g/mol. The van der Waals surface area contributed by atoms with Crippen LogP contribution in [0.1, 0.15) is 103 Å². The number of thiazole rings is 3. The standard InChI is InChI=1S/2C27H31N7O3S.C26H29N7O3S/c1-4-28-25(36)33-26-32-22-11-17(18-12-30-24(31-13-18)27(2,3)37)10-20(23(22)38-26)21-9-16(5-7-29-21)14-34-8-6-19(35)15-34;1-4-28-25(35)33-26-32-22-13-18(19-14-30-24(31-15-19)27(2,3)36)12-20(23(22)38-26)21-11-17(5-6-29-21)16-34-7-9-37-10-8-34;1-4-27-24(35)32-25-31-21-9-16(17-10-29-23(30-11-17)26(2,3)36)8-19(22(21)37-25)20-7-15(5-6-28-20)12-33-13-18(34)14-33/h5,7,9-13,19,35,37H,4,6,8,14-15H2,1-3H3,(H2,28,32,33,36);5-6,11-15,36H,4,7-10,16H2,1-3H3,(H2,28,32,33,35);5-11,18,34,36H,4,12-14H2,1-3H3,(H2,27,31,32,35). The van der Waals surface area contributed by atoms with Crippen molar-refractivity contribution in [3.8, 4) is 67.2 Å². The van der Waals surface area contributed by atoms with Gasteiger partial charge in [0.05, 0.1) is 73.2 Å². The molecular formula is C80H91N21O9S3. The van der Waals surface area contributed by atoms with Crippen molar-refractivity contribution in [2.24, 2.45) is 0 Å². The summed E-state index contributed by atoms with van der Waals surface area (Å²) in [5, 5.41) is 68.4. The number of likely N-dealkylation sites (tertiary alicyclic amines) is 2. The summed E-state index contributed by atoms with van der Waals surface area (Å²) in [5.41, 5.74) is 12.1. The summed E-state index contributed by atoms with van der Waals surface area (Å²) in [7, 11) is 0. The minimum atomic E-state index is -1.14. The third kappa shape index (κ3) is 20.5. The molecule has 6 amide bonds. The fraction of sp³-hybridized carbons (Fsp3) is 0.362. The Morgan fingerprint density at radius 3 is 1.04 bits per heavy atom. The van der Waals surface area contributed by atoms with Crippen molar-refractivity contribution < 1.29 is 44.7 Å². The number of morpholine rings is 1. The van der Waals surface area contributed by atoms with Gasteiger partial charge in [0.1, 0.15) is 16.8 Å². The van der Waals surface area contributed by atoms with Gasteiger partial charge in [-0.15, -0.1) is 0 Å². The van der Waals surface area contributed by atoms with Gasteiger partial charge in [0.15, 0.2) is 32.9 Å². The Balaban J connectivity index is 0.000000148. The summed E-state index contributed by atoms with van der Waals surface area (Å²) in [4.78, 5) is 97.5. The molecule has 0 radical (unpaired) electrons. The molecule has 0 spiro atoms. The first kappa shape index (κ1) is 80.5. The zero-order chi connectivity index (χ0) is 79.7. The van der Waals surface area contributed by atoms with E-state index in [0.717, 1.165) is 162 Å². The van der Waals surface area contributed by atoms with E-state index in [1.54, 1.807) is 91.1 Å². The van der Waals surface area contributed by atoms with Gasteiger partial charge in [-0.3, -0.25) is 45.6 Å². The normalized spacial score (nSPS) is 15.1. The van der Waals surface area contributed by atoms with Crippen molar-refractivity contribution >= 4 is 98.1 Å². The van der Waals surface area contributed by atoms with Gasteiger partial charge in [-0.25, -0.2) is 59.2 Å². The third-order valence-corrected chi connectivity index (χ3v) is 21.6. The number of aliphatic hydroxyl groups is 5. The number of hydrogen-bond donors (Lipinski definition) is 11. The lowest BCUT2D eigenvalue weighted by molar-refractivity contribution is -0.00287. The molecule has 3 aliphatic rings. The highest BCUT2D eigenvalue weighted by Gasteiger charge is 2.28. The van der Waals surface area contributed by atoms with Gasteiger partial charge < -0.3 is 46.2 Å². The van der Waals surface area contributed by atoms with Crippen molar-refractivity contribution in [3.63, 3.8) is 0 Å². The third-order valence-electron chi connectivity index (χ3n) is 18.5. The van der Waals surface area contributed by atoms with Crippen LogP contribution in [0, 0.1) is 0 Å². The number of aromatic nitrogens is 12. The van der Waals surface area contributed by atoms with Crippen molar-refractivity contribution in [2.45, 2.75) is 117 Å². The van der Waals surface area contributed by atoms with Crippen LogP contribution < -0.4 is 31.9 Å². The maximum Gasteiger partial charge on any atom is 0.321 e. The van der Waals surface area contributed by atoms with Crippen LogP contribution in [0.2, 0.25) is 0 Å². The van der Waals surface area contributed by atoms with Crippen molar-refractivity contribution in [3.05, 3.63) is 163 Å². The topological polar surface area (TPSA) is 398 Å². The predicted octanol–water partition coefficient (Wildman–Crippen LogP) is 11.1. The van der Waals surface area contributed by atoms with Gasteiger partial charge in [-0.1, -0.05) is 34.0 Å². The average Bonchev–Trinajstić information content (AvgIpc) is 1.69. The number of nitrogens with one attached hydrogen (secondary N) is 6. The maximum atomic E-state index is 12.2. The molecule has 9 aromatic heterocycles. The highest BCUT2D eigenvalue weighted by Crippen LogP contribution is 2.43. The molecule has 3 aromatic carbocycles. The van der Waals surface area contributed by atoms with Gasteiger partial charge in [0.2, 0.25) is 0 Å². The molecule has 12 heterocycles. The molecule has 15 rings (SSSR count). The smallest absolute Gasteiger partial charge is 0.321 e. The number of urea groups is 3. The van der Waals surface area contributed by atoms with E-state index in [9.17, 15) is 39.9 Å². The fourth-order valence-corrected chi connectivity index (χ4v) is 15.8. The first-order valence-corrected chi connectivity index (χ1v) is 39.7. The van der Waals surface area contributed by atoms with Gasteiger partial charge >= 0.3 is 18.1 Å². The summed E-state index contributed by atoms with van der Waals surface area (Å²) >= 11 is 4.19. The summed E-state index contributed by atoms with van der Waals surface area (Å²) in [5.74, 6) is 1.03. The minimum absolute atomic E-state index is 0.254. The fourth-order valence-electron chi connectivity index (χ4n) is 12.9. The molecule has 33 heteroatoms. The Labute approximate surface area is 664 Å². The molecule has 0 saturated carbocycles. The van der Waals surface area contributed by atoms with E-state index in [1.165, 1.54) is 39.6 Å². The first-order chi connectivity index (χ1) is 54.2.